The fraction of sp³-hybridized carbons (Fsp3) is 0.353. The Kier molecular flexibility index (Phi) is 5.22. The van der Waals surface area contributed by atoms with Gasteiger partial charge in [0.2, 0.25) is 5.75 Å². The zero-order valence-electron chi connectivity index (χ0n) is 13.7. The van der Waals surface area contributed by atoms with Crippen molar-refractivity contribution in [3.63, 3.8) is 0 Å². The molecule has 1 N–H and O–H groups in total. The molecular formula is C17H22N2O3. The molecule has 0 bridgehead atoms. The molecule has 0 atom stereocenters. The van der Waals surface area contributed by atoms with Crippen LogP contribution in [0.2, 0.25) is 0 Å². The molecule has 0 amide bonds. The molecule has 0 unspecified atom stereocenters. The second-order valence-electron chi connectivity index (χ2n) is 4.85. The van der Waals surface area contributed by atoms with Gasteiger partial charge in [0.25, 0.3) is 0 Å². The first-order valence-corrected chi connectivity index (χ1v) is 7.06. The van der Waals surface area contributed by atoms with Gasteiger partial charge in [-0.3, -0.25) is 4.98 Å². The molecule has 1 heterocycles. The van der Waals surface area contributed by atoms with Crippen molar-refractivity contribution in [1.29, 1.82) is 0 Å². The van der Waals surface area contributed by atoms with Crippen molar-refractivity contribution >= 4 is 0 Å². The lowest BCUT2D eigenvalue weighted by molar-refractivity contribution is 0.325. The van der Waals surface area contributed by atoms with Gasteiger partial charge in [-0.05, 0) is 37.7 Å². The van der Waals surface area contributed by atoms with Gasteiger partial charge >= 0.3 is 0 Å². The Hall–Kier alpha value is -2.27. The maximum atomic E-state index is 5.52. The summed E-state index contributed by atoms with van der Waals surface area (Å²) < 4.78 is 16.3. The second kappa shape index (κ2) is 7.13. The lowest BCUT2D eigenvalue weighted by Crippen LogP contribution is -2.07. The number of nitrogens with one attached hydrogen (secondary N) is 1. The van der Waals surface area contributed by atoms with Crippen LogP contribution in [0.25, 0.3) is 11.3 Å². The summed E-state index contributed by atoms with van der Waals surface area (Å²) in [4.78, 5) is 4.69. The Morgan fingerprint density at radius 3 is 2.23 bits per heavy atom. The molecule has 5 nitrogen and oxygen atoms in total. The van der Waals surface area contributed by atoms with Gasteiger partial charge in [0, 0.05) is 17.8 Å². The number of aromatic nitrogens is 1. The van der Waals surface area contributed by atoms with Gasteiger partial charge in [-0.1, -0.05) is 6.07 Å². The molecule has 118 valence electrons. The highest BCUT2D eigenvalue weighted by atomic mass is 16.5. The third-order valence-corrected chi connectivity index (χ3v) is 3.54. The first-order chi connectivity index (χ1) is 10.7. The van der Waals surface area contributed by atoms with E-state index < -0.39 is 0 Å². The van der Waals surface area contributed by atoms with Crippen LogP contribution in [0.15, 0.2) is 24.3 Å². The average Bonchev–Trinajstić information content (AvgIpc) is 2.55. The van der Waals surface area contributed by atoms with Gasteiger partial charge in [0.15, 0.2) is 11.5 Å². The van der Waals surface area contributed by atoms with E-state index in [1.54, 1.807) is 21.3 Å². The molecule has 0 saturated heterocycles. The number of benzene rings is 1. The van der Waals surface area contributed by atoms with E-state index in [0.717, 1.165) is 23.5 Å². The lowest BCUT2D eigenvalue weighted by Gasteiger charge is -2.16. The van der Waals surface area contributed by atoms with Crippen molar-refractivity contribution in [3.8, 4) is 28.5 Å². The van der Waals surface area contributed by atoms with Gasteiger partial charge in [-0.2, -0.15) is 0 Å². The van der Waals surface area contributed by atoms with E-state index >= 15 is 0 Å². The van der Waals surface area contributed by atoms with Crippen molar-refractivity contribution in [2.75, 3.05) is 28.4 Å². The minimum atomic E-state index is 0.571. The van der Waals surface area contributed by atoms with Crippen molar-refractivity contribution in [1.82, 2.24) is 10.3 Å². The van der Waals surface area contributed by atoms with Gasteiger partial charge in [-0.25, -0.2) is 0 Å². The molecule has 0 radical (unpaired) electrons. The molecule has 0 aliphatic carbocycles. The van der Waals surface area contributed by atoms with Gasteiger partial charge in [0.05, 0.1) is 27.0 Å². The summed E-state index contributed by atoms with van der Waals surface area (Å²) in [5, 5.41) is 3.14. The Morgan fingerprint density at radius 2 is 1.68 bits per heavy atom. The van der Waals surface area contributed by atoms with Crippen LogP contribution in [0.3, 0.4) is 0 Å². The van der Waals surface area contributed by atoms with Crippen LogP contribution >= 0.6 is 0 Å². The van der Waals surface area contributed by atoms with E-state index in [0.29, 0.717) is 17.2 Å². The van der Waals surface area contributed by atoms with E-state index in [4.69, 9.17) is 14.2 Å². The summed E-state index contributed by atoms with van der Waals surface area (Å²) in [5.41, 5.74) is 3.88. The number of pyridine rings is 1. The predicted molar refractivity (Wildman–Crippen MR) is 86.8 cm³/mol. The summed E-state index contributed by atoms with van der Waals surface area (Å²) in [5.74, 6) is 1.82. The standard InChI is InChI=1S/C17H22N2O3/c1-11-12(10-18-2)6-8-14(19-11)13-7-9-15(20-3)17(22-5)16(13)21-4/h6-9,18H,10H2,1-5H3. The number of nitrogens with zero attached hydrogens (tertiary/aromatic N) is 1. The fourth-order valence-corrected chi connectivity index (χ4v) is 2.42. The molecule has 0 spiro atoms. The molecular weight excluding hydrogens is 280 g/mol. The number of rotatable bonds is 6. The monoisotopic (exact) mass is 302 g/mol. The molecule has 22 heavy (non-hydrogen) atoms. The van der Waals surface area contributed by atoms with Gasteiger partial charge < -0.3 is 19.5 Å². The number of hydrogen-bond acceptors (Lipinski definition) is 5. The molecule has 0 fully saturated rings. The average molecular weight is 302 g/mol. The summed E-state index contributed by atoms with van der Waals surface area (Å²) in [6, 6.07) is 7.85. The van der Waals surface area contributed by atoms with Crippen LogP contribution in [0, 0.1) is 6.92 Å². The first kappa shape index (κ1) is 16.1. The zero-order chi connectivity index (χ0) is 16.1. The number of methoxy groups -OCH3 is 3. The van der Waals surface area contributed by atoms with E-state index in [2.05, 4.69) is 16.4 Å². The summed E-state index contributed by atoms with van der Waals surface area (Å²) >= 11 is 0. The third kappa shape index (κ3) is 2.99. The summed E-state index contributed by atoms with van der Waals surface area (Å²) in [7, 11) is 6.73. The van der Waals surface area contributed by atoms with Crippen LogP contribution in [-0.4, -0.2) is 33.4 Å². The summed E-state index contributed by atoms with van der Waals surface area (Å²) in [6.45, 7) is 2.80. The lowest BCUT2D eigenvalue weighted by atomic mass is 10.1. The Morgan fingerprint density at radius 1 is 0.955 bits per heavy atom. The summed E-state index contributed by atoms with van der Waals surface area (Å²) in [6.07, 6.45) is 0. The Bertz CT molecular complexity index is 657. The largest absolute Gasteiger partial charge is 0.493 e. The maximum absolute atomic E-state index is 5.52. The molecule has 2 aromatic rings. The van der Waals surface area contributed by atoms with E-state index in [1.165, 1.54) is 5.56 Å². The highest BCUT2D eigenvalue weighted by molar-refractivity contribution is 5.74. The molecule has 0 aliphatic rings. The molecule has 1 aromatic carbocycles. The Balaban J connectivity index is 2.55. The molecule has 5 heteroatoms. The molecule has 1 aromatic heterocycles. The second-order valence-corrected chi connectivity index (χ2v) is 4.85. The minimum absolute atomic E-state index is 0.571. The normalized spacial score (nSPS) is 10.4. The number of hydrogen-bond donors (Lipinski definition) is 1. The number of aryl methyl sites for hydroxylation is 1. The zero-order valence-corrected chi connectivity index (χ0v) is 13.7. The number of ether oxygens (including phenoxy) is 3. The van der Waals surface area contributed by atoms with Crippen LogP contribution in [-0.2, 0) is 6.54 Å². The minimum Gasteiger partial charge on any atom is -0.493 e. The predicted octanol–water partition coefficient (Wildman–Crippen LogP) is 2.80. The van der Waals surface area contributed by atoms with Crippen LogP contribution < -0.4 is 19.5 Å². The maximum Gasteiger partial charge on any atom is 0.203 e. The van der Waals surface area contributed by atoms with Gasteiger partial charge in [-0.15, -0.1) is 0 Å². The SMILES string of the molecule is CNCc1ccc(-c2ccc(OC)c(OC)c2OC)nc1C. The van der Waals surface area contributed by atoms with Crippen molar-refractivity contribution in [3.05, 3.63) is 35.5 Å². The van der Waals surface area contributed by atoms with E-state index in [-0.39, 0.29) is 0 Å². The van der Waals surface area contributed by atoms with Gasteiger partial charge in [0.1, 0.15) is 0 Å². The Labute approximate surface area is 131 Å². The highest BCUT2D eigenvalue weighted by Crippen LogP contribution is 2.43. The fourth-order valence-electron chi connectivity index (χ4n) is 2.42. The van der Waals surface area contributed by atoms with E-state index in [9.17, 15) is 0 Å². The molecule has 2 rings (SSSR count). The van der Waals surface area contributed by atoms with Crippen molar-refractivity contribution in [2.24, 2.45) is 0 Å². The smallest absolute Gasteiger partial charge is 0.203 e. The topological polar surface area (TPSA) is 52.6 Å². The first-order valence-electron chi connectivity index (χ1n) is 7.06. The van der Waals surface area contributed by atoms with Crippen molar-refractivity contribution in [2.45, 2.75) is 13.5 Å². The quantitative estimate of drug-likeness (QED) is 0.889. The van der Waals surface area contributed by atoms with Crippen LogP contribution in [0.1, 0.15) is 11.3 Å². The molecule has 0 saturated carbocycles. The van der Waals surface area contributed by atoms with E-state index in [1.807, 2.05) is 32.2 Å². The van der Waals surface area contributed by atoms with Crippen molar-refractivity contribution < 1.29 is 14.2 Å². The van der Waals surface area contributed by atoms with Crippen LogP contribution in [0.4, 0.5) is 0 Å². The highest BCUT2D eigenvalue weighted by Gasteiger charge is 2.18. The third-order valence-electron chi connectivity index (χ3n) is 3.54. The van der Waals surface area contributed by atoms with Crippen LogP contribution in [0.5, 0.6) is 17.2 Å². The molecule has 0 aliphatic heterocycles.